The van der Waals surface area contributed by atoms with Gasteiger partial charge in [-0.3, -0.25) is 0 Å². The van der Waals surface area contributed by atoms with Crippen LogP contribution in [0.4, 0.5) is 0 Å². The highest BCUT2D eigenvalue weighted by Gasteiger charge is 2.37. The molecule has 0 aromatic rings. The lowest BCUT2D eigenvalue weighted by Gasteiger charge is -2.43. The average molecular weight is 227 g/mol. The third-order valence-corrected chi connectivity index (χ3v) is 4.69. The number of hydrogen-bond donors (Lipinski definition) is 2. The molecule has 2 heteroatoms. The number of nitrogens with one attached hydrogen (secondary N) is 1. The van der Waals surface area contributed by atoms with Gasteiger partial charge < -0.3 is 10.4 Å². The first-order valence-corrected chi connectivity index (χ1v) is 6.63. The molecular weight excluding hydrogens is 198 g/mol. The molecule has 0 saturated heterocycles. The summed E-state index contributed by atoms with van der Waals surface area (Å²) in [6, 6.07) is 0.563. The number of aliphatic hydroxyl groups is 1. The van der Waals surface area contributed by atoms with Gasteiger partial charge in [-0.2, -0.15) is 0 Å². The summed E-state index contributed by atoms with van der Waals surface area (Å²) in [5.41, 5.74) is -0.905. The van der Waals surface area contributed by atoms with E-state index in [1.807, 2.05) is 13.8 Å². The molecule has 1 fully saturated rings. The van der Waals surface area contributed by atoms with E-state index in [2.05, 4.69) is 33.0 Å². The van der Waals surface area contributed by atoms with Crippen LogP contribution in [0.25, 0.3) is 0 Å². The van der Waals surface area contributed by atoms with Gasteiger partial charge in [0.05, 0.1) is 5.60 Å². The summed E-state index contributed by atoms with van der Waals surface area (Å²) in [6.45, 7) is 12.6. The standard InChI is InChI=1S/C14H29NO/c1-10-7-8-12(9-11(10)2)15-13(3,4)14(5,6)16/h10-12,15-16H,7-9H2,1-6H3. The van der Waals surface area contributed by atoms with Crippen molar-refractivity contribution in [2.24, 2.45) is 11.8 Å². The summed E-state index contributed by atoms with van der Waals surface area (Å²) in [5.74, 6) is 1.65. The second-order valence-electron chi connectivity index (χ2n) is 6.79. The molecule has 0 radical (unpaired) electrons. The second-order valence-corrected chi connectivity index (χ2v) is 6.79. The van der Waals surface area contributed by atoms with Gasteiger partial charge in [0, 0.05) is 11.6 Å². The lowest BCUT2D eigenvalue weighted by atomic mass is 9.77. The Labute approximate surface area is 101 Å². The molecule has 0 amide bonds. The van der Waals surface area contributed by atoms with Crippen LogP contribution in [0.2, 0.25) is 0 Å². The summed E-state index contributed by atoms with van der Waals surface area (Å²) in [4.78, 5) is 0. The Morgan fingerprint density at radius 3 is 2.00 bits per heavy atom. The summed E-state index contributed by atoms with van der Waals surface area (Å²) in [6.07, 6.45) is 3.78. The Bertz CT molecular complexity index is 229. The van der Waals surface area contributed by atoms with E-state index in [-0.39, 0.29) is 5.54 Å². The molecule has 2 N–H and O–H groups in total. The molecule has 0 aliphatic heterocycles. The van der Waals surface area contributed by atoms with Gasteiger partial charge in [-0.25, -0.2) is 0 Å². The maximum atomic E-state index is 10.1. The minimum absolute atomic E-state index is 0.224. The molecule has 0 aromatic carbocycles. The summed E-state index contributed by atoms with van der Waals surface area (Å²) < 4.78 is 0. The van der Waals surface area contributed by atoms with Gasteiger partial charge in [0.25, 0.3) is 0 Å². The summed E-state index contributed by atoms with van der Waals surface area (Å²) >= 11 is 0. The third kappa shape index (κ3) is 3.21. The average Bonchev–Trinajstić information content (AvgIpc) is 2.09. The van der Waals surface area contributed by atoms with Crippen molar-refractivity contribution in [3.63, 3.8) is 0 Å². The third-order valence-electron chi connectivity index (χ3n) is 4.69. The first-order chi connectivity index (χ1) is 7.13. The maximum absolute atomic E-state index is 10.1. The fraction of sp³-hybridized carbons (Fsp3) is 1.00. The lowest BCUT2D eigenvalue weighted by molar-refractivity contribution is -0.0147. The van der Waals surface area contributed by atoms with Crippen LogP contribution in [0.3, 0.4) is 0 Å². The highest BCUT2D eigenvalue weighted by Crippen LogP contribution is 2.31. The minimum Gasteiger partial charge on any atom is -0.389 e. The van der Waals surface area contributed by atoms with Gasteiger partial charge in [0.2, 0.25) is 0 Å². The van der Waals surface area contributed by atoms with E-state index in [1.165, 1.54) is 19.3 Å². The van der Waals surface area contributed by atoms with Gasteiger partial charge in [-0.15, -0.1) is 0 Å². The predicted molar refractivity (Wildman–Crippen MR) is 69.5 cm³/mol. The Kier molecular flexibility index (Phi) is 4.07. The topological polar surface area (TPSA) is 32.3 Å². The van der Waals surface area contributed by atoms with Crippen LogP contribution in [-0.4, -0.2) is 22.3 Å². The fourth-order valence-corrected chi connectivity index (χ4v) is 2.37. The monoisotopic (exact) mass is 227 g/mol. The van der Waals surface area contributed by atoms with E-state index in [4.69, 9.17) is 0 Å². The van der Waals surface area contributed by atoms with Crippen LogP contribution in [0.5, 0.6) is 0 Å². The number of hydrogen-bond acceptors (Lipinski definition) is 2. The van der Waals surface area contributed by atoms with Crippen LogP contribution < -0.4 is 5.32 Å². The molecule has 0 aromatic heterocycles. The Hall–Kier alpha value is -0.0800. The van der Waals surface area contributed by atoms with Crippen molar-refractivity contribution in [2.75, 3.05) is 0 Å². The quantitative estimate of drug-likeness (QED) is 0.777. The molecule has 96 valence electrons. The largest absolute Gasteiger partial charge is 0.389 e. The van der Waals surface area contributed by atoms with Crippen molar-refractivity contribution in [3.05, 3.63) is 0 Å². The minimum atomic E-state index is -0.681. The Balaban J connectivity index is 2.55. The zero-order chi connectivity index (χ0) is 12.6. The van der Waals surface area contributed by atoms with Gasteiger partial charge >= 0.3 is 0 Å². The van der Waals surface area contributed by atoms with Gasteiger partial charge in [-0.1, -0.05) is 13.8 Å². The van der Waals surface area contributed by atoms with Crippen molar-refractivity contribution in [1.82, 2.24) is 5.32 Å². The predicted octanol–water partition coefficient (Wildman–Crippen LogP) is 2.95. The first kappa shape index (κ1) is 14.0. The molecule has 1 aliphatic carbocycles. The van der Waals surface area contributed by atoms with E-state index in [1.54, 1.807) is 0 Å². The Morgan fingerprint density at radius 1 is 1.00 bits per heavy atom. The molecule has 1 saturated carbocycles. The van der Waals surface area contributed by atoms with Crippen molar-refractivity contribution >= 4 is 0 Å². The molecule has 0 bridgehead atoms. The Morgan fingerprint density at radius 2 is 1.56 bits per heavy atom. The fourth-order valence-electron chi connectivity index (χ4n) is 2.37. The van der Waals surface area contributed by atoms with E-state index in [9.17, 15) is 5.11 Å². The van der Waals surface area contributed by atoms with E-state index >= 15 is 0 Å². The SMILES string of the molecule is CC1CCC(NC(C)(C)C(C)(C)O)CC1C. The first-order valence-electron chi connectivity index (χ1n) is 6.63. The van der Waals surface area contributed by atoms with Crippen molar-refractivity contribution < 1.29 is 5.11 Å². The van der Waals surface area contributed by atoms with E-state index in [0.717, 1.165) is 11.8 Å². The highest BCUT2D eigenvalue weighted by atomic mass is 16.3. The molecule has 3 unspecified atom stereocenters. The van der Waals surface area contributed by atoms with Crippen molar-refractivity contribution in [2.45, 2.75) is 78.0 Å². The van der Waals surface area contributed by atoms with Gasteiger partial charge in [0.1, 0.15) is 0 Å². The summed E-state index contributed by atoms with van der Waals surface area (Å²) in [7, 11) is 0. The zero-order valence-electron chi connectivity index (χ0n) is 11.8. The maximum Gasteiger partial charge on any atom is 0.0767 e. The molecule has 1 aliphatic rings. The van der Waals surface area contributed by atoms with Gasteiger partial charge in [0.15, 0.2) is 0 Å². The normalized spacial score (nSPS) is 32.8. The molecule has 0 heterocycles. The summed E-state index contributed by atoms with van der Waals surface area (Å²) in [5, 5.41) is 13.8. The smallest absolute Gasteiger partial charge is 0.0767 e. The molecular formula is C14H29NO. The van der Waals surface area contributed by atoms with Gasteiger partial charge in [-0.05, 0) is 58.8 Å². The highest BCUT2D eigenvalue weighted by molar-refractivity contribution is 4.96. The molecule has 16 heavy (non-hydrogen) atoms. The van der Waals surface area contributed by atoms with Crippen LogP contribution >= 0.6 is 0 Å². The van der Waals surface area contributed by atoms with E-state index in [0.29, 0.717) is 6.04 Å². The van der Waals surface area contributed by atoms with Crippen molar-refractivity contribution in [1.29, 1.82) is 0 Å². The molecule has 3 atom stereocenters. The van der Waals surface area contributed by atoms with Crippen LogP contribution in [0.1, 0.15) is 60.8 Å². The van der Waals surface area contributed by atoms with Crippen LogP contribution in [0, 0.1) is 11.8 Å². The van der Waals surface area contributed by atoms with Crippen LogP contribution in [-0.2, 0) is 0 Å². The van der Waals surface area contributed by atoms with E-state index < -0.39 is 5.60 Å². The lowest BCUT2D eigenvalue weighted by Crippen LogP contribution is -2.59. The molecule has 0 spiro atoms. The van der Waals surface area contributed by atoms with Crippen LogP contribution in [0.15, 0.2) is 0 Å². The van der Waals surface area contributed by atoms with Crippen molar-refractivity contribution in [3.8, 4) is 0 Å². The molecule has 2 nitrogen and oxygen atoms in total. The molecule has 1 rings (SSSR count). The second kappa shape index (κ2) is 4.66. The number of rotatable bonds is 3. The zero-order valence-corrected chi connectivity index (χ0v) is 11.8.